The monoisotopic (exact) mass is 216 g/mol. The minimum Gasteiger partial charge on any atom is -0.0683 e. The molecule has 0 aromatic carbocycles. The quantitative estimate of drug-likeness (QED) is 0.488. The van der Waals surface area contributed by atoms with Gasteiger partial charge in [0.25, 0.3) is 0 Å². The highest BCUT2D eigenvalue weighted by molar-refractivity contribution is 4.65. The maximum Gasteiger partial charge on any atom is -0.0389 e. The summed E-state index contributed by atoms with van der Waals surface area (Å²) >= 11 is 0. The molecule has 0 fully saturated rings. The summed E-state index contributed by atoms with van der Waals surface area (Å²) in [5.41, 5.74) is 0. The van der Waals surface area contributed by atoms with E-state index in [0.717, 1.165) is 11.8 Å². The van der Waals surface area contributed by atoms with Crippen LogP contribution in [0.4, 0.5) is 0 Å². The van der Waals surface area contributed by atoms with E-state index in [1.165, 1.54) is 32.1 Å². The van der Waals surface area contributed by atoms with E-state index in [9.17, 15) is 0 Å². The molecule has 0 nitrogen and oxygen atoms in total. The first-order valence-corrected chi connectivity index (χ1v) is 7.29. The minimum absolute atomic E-state index is 0.986. The summed E-state index contributed by atoms with van der Waals surface area (Å²) < 4.78 is 0. The second-order valence-electron chi connectivity index (χ2n) is 3.53. The highest BCUT2D eigenvalue weighted by atomic mass is 14.2. The topological polar surface area (TPSA) is 0 Å². The van der Waals surface area contributed by atoms with Crippen LogP contribution >= 0.6 is 0 Å². The van der Waals surface area contributed by atoms with Gasteiger partial charge in [-0.05, 0) is 11.8 Å². The molecule has 0 bridgehead atoms. The molecule has 15 heavy (non-hydrogen) atoms. The van der Waals surface area contributed by atoms with Crippen LogP contribution in [0, 0.1) is 11.8 Å². The Morgan fingerprint density at radius 2 is 0.933 bits per heavy atom. The summed E-state index contributed by atoms with van der Waals surface area (Å²) in [5.74, 6) is 1.98. The first-order valence-electron chi connectivity index (χ1n) is 7.29. The molecule has 0 aliphatic heterocycles. The van der Waals surface area contributed by atoms with Crippen LogP contribution in [0.5, 0.6) is 0 Å². The van der Waals surface area contributed by atoms with Crippen LogP contribution in [0.15, 0.2) is 0 Å². The third-order valence-corrected chi connectivity index (χ3v) is 2.90. The molecule has 1 unspecified atom stereocenters. The number of hydrogen-bond acceptors (Lipinski definition) is 0. The predicted molar refractivity (Wildman–Crippen MR) is 75.5 cm³/mol. The van der Waals surface area contributed by atoms with E-state index in [1.807, 2.05) is 27.7 Å². The van der Waals surface area contributed by atoms with Crippen LogP contribution < -0.4 is 0 Å². The summed E-state index contributed by atoms with van der Waals surface area (Å²) in [7, 11) is 0. The van der Waals surface area contributed by atoms with Gasteiger partial charge in [0.2, 0.25) is 0 Å². The molecule has 0 amide bonds. The minimum atomic E-state index is 0.986. The third kappa shape index (κ3) is 11.9. The lowest BCUT2D eigenvalue weighted by atomic mass is 9.83. The molecule has 0 aromatic heterocycles. The maximum atomic E-state index is 2.33. The molecule has 0 spiro atoms. The standard InChI is InChI=1S/C11H24.2C2H6/c1-5-9-11(8-4)10(6-2)7-3;2*1-2/h10-11H,5-9H2,1-4H3;2*1-2H3. The van der Waals surface area contributed by atoms with Crippen molar-refractivity contribution in [2.45, 2.75) is 87.5 Å². The van der Waals surface area contributed by atoms with Crippen molar-refractivity contribution in [2.75, 3.05) is 0 Å². The Kier molecular flexibility index (Phi) is 26.6. The van der Waals surface area contributed by atoms with E-state index in [-0.39, 0.29) is 0 Å². The molecular formula is C15H36. The molecule has 1 atom stereocenters. The fourth-order valence-electron chi connectivity index (χ4n) is 2.10. The zero-order chi connectivity index (χ0) is 12.7. The number of hydrogen-bond donors (Lipinski definition) is 0. The third-order valence-electron chi connectivity index (χ3n) is 2.90. The van der Waals surface area contributed by atoms with E-state index in [0.29, 0.717) is 0 Å². The lowest BCUT2D eigenvalue weighted by Crippen LogP contribution is -2.12. The second-order valence-corrected chi connectivity index (χ2v) is 3.53. The smallest absolute Gasteiger partial charge is 0.0389 e. The fourth-order valence-corrected chi connectivity index (χ4v) is 2.10. The largest absolute Gasteiger partial charge is 0.0683 e. The number of rotatable bonds is 6. The molecule has 0 heteroatoms. The van der Waals surface area contributed by atoms with Gasteiger partial charge in [-0.3, -0.25) is 0 Å². The summed E-state index contributed by atoms with van der Waals surface area (Å²) in [6, 6.07) is 0. The first-order chi connectivity index (χ1) is 7.29. The van der Waals surface area contributed by atoms with Gasteiger partial charge in [0.05, 0.1) is 0 Å². The zero-order valence-electron chi connectivity index (χ0n) is 12.7. The molecule has 0 aliphatic rings. The Bertz CT molecular complexity index is 72.1. The van der Waals surface area contributed by atoms with Crippen LogP contribution in [0.25, 0.3) is 0 Å². The molecule has 0 saturated carbocycles. The van der Waals surface area contributed by atoms with Gasteiger partial charge in [0.15, 0.2) is 0 Å². The molecule has 0 N–H and O–H groups in total. The Hall–Kier alpha value is 0. The average Bonchev–Trinajstić information content (AvgIpc) is 2.34. The molecule has 0 aromatic rings. The van der Waals surface area contributed by atoms with Crippen LogP contribution in [0.3, 0.4) is 0 Å². The van der Waals surface area contributed by atoms with E-state index < -0.39 is 0 Å². The van der Waals surface area contributed by atoms with Crippen LogP contribution in [0.1, 0.15) is 87.5 Å². The summed E-state index contributed by atoms with van der Waals surface area (Å²) in [4.78, 5) is 0. The van der Waals surface area contributed by atoms with Crippen molar-refractivity contribution in [1.82, 2.24) is 0 Å². The van der Waals surface area contributed by atoms with Crippen molar-refractivity contribution >= 4 is 0 Å². The fraction of sp³-hybridized carbons (Fsp3) is 1.00. The summed E-state index contributed by atoms with van der Waals surface area (Å²) in [6.45, 7) is 17.3. The molecular weight excluding hydrogens is 180 g/mol. The summed E-state index contributed by atoms with van der Waals surface area (Å²) in [5, 5.41) is 0. The normalized spacial score (nSPS) is 11.0. The highest BCUT2D eigenvalue weighted by Crippen LogP contribution is 2.26. The van der Waals surface area contributed by atoms with Gasteiger partial charge in [-0.2, -0.15) is 0 Å². The van der Waals surface area contributed by atoms with E-state index in [2.05, 4.69) is 27.7 Å². The molecule has 0 heterocycles. The average molecular weight is 216 g/mol. The molecule has 96 valence electrons. The van der Waals surface area contributed by atoms with Crippen LogP contribution in [0.2, 0.25) is 0 Å². The Balaban J connectivity index is -0.000000318. The van der Waals surface area contributed by atoms with Gasteiger partial charge in [-0.15, -0.1) is 0 Å². The Morgan fingerprint density at radius 1 is 0.600 bits per heavy atom. The molecule has 0 aliphatic carbocycles. The van der Waals surface area contributed by atoms with E-state index in [4.69, 9.17) is 0 Å². The molecule has 0 rings (SSSR count). The zero-order valence-corrected chi connectivity index (χ0v) is 12.7. The Labute approximate surface area is 99.9 Å². The van der Waals surface area contributed by atoms with Crippen molar-refractivity contribution in [3.63, 3.8) is 0 Å². The lowest BCUT2D eigenvalue weighted by Gasteiger charge is -2.23. The van der Waals surface area contributed by atoms with Crippen molar-refractivity contribution in [3.05, 3.63) is 0 Å². The van der Waals surface area contributed by atoms with Crippen molar-refractivity contribution in [2.24, 2.45) is 11.8 Å². The van der Waals surface area contributed by atoms with E-state index >= 15 is 0 Å². The van der Waals surface area contributed by atoms with Crippen molar-refractivity contribution in [1.29, 1.82) is 0 Å². The highest BCUT2D eigenvalue weighted by Gasteiger charge is 2.14. The molecule has 0 saturated heterocycles. The van der Waals surface area contributed by atoms with E-state index in [1.54, 1.807) is 0 Å². The van der Waals surface area contributed by atoms with Gasteiger partial charge in [0, 0.05) is 0 Å². The van der Waals surface area contributed by atoms with Gasteiger partial charge in [0.1, 0.15) is 0 Å². The summed E-state index contributed by atoms with van der Waals surface area (Å²) in [6.07, 6.45) is 6.90. The van der Waals surface area contributed by atoms with Gasteiger partial charge in [-0.1, -0.05) is 87.5 Å². The maximum absolute atomic E-state index is 2.33. The van der Waals surface area contributed by atoms with Crippen LogP contribution in [-0.2, 0) is 0 Å². The first kappa shape index (κ1) is 20.4. The predicted octanol–water partition coefficient (Wildman–Crippen LogP) is 6.30. The van der Waals surface area contributed by atoms with Gasteiger partial charge >= 0.3 is 0 Å². The Morgan fingerprint density at radius 3 is 1.13 bits per heavy atom. The van der Waals surface area contributed by atoms with Crippen molar-refractivity contribution < 1.29 is 0 Å². The second kappa shape index (κ2) is 19.6. The SMILES string of the molecule is CC.CC.CCCC(CC)C(CC)CC. The van der Waals surface area contributed by atoms with Gasteiger partial charge in [-0.25, -0.2) is 0 Å². The van der Waals surface area contributed by atoms with Crippen molar-refractivity contribution in [3.8, 4) is 0 Å². The molecule has 0 radical (unpaired) electrons. The van der Waals surface area contributed by atoms with Gasteiger partial charge < -0.3 is 0 Å². The van der Waals surface area contributed by atoms with Crippen LogP contribution in [-0.4, -0.2) is 0 Å². The lowest BCUT2D eigenvalue weighted by molar-refractivity contribution is 0.284.